The topological polar surface area (TPSA) is 84.9 Å². The number of hydrogen-bond acceptors (Lipinski definition) is 4. The van der Waals surface area contributed by atoms with E-state index in [9.17, 15) is 14.7 Å². The second kappa shape index (κ2) is 8.58. The normalized spacial score (nSPS) is 11.0. The molecule has 0 aromatic heterocycles. The number of aryl methyl sites for hydroxylation is 1. The maximum absolute atomic E-state index is 11.6. The van der Waals surface area contributed by atoms with E-state index in [2.05, 4.69) is 5.32 Å². The van der Waals surface area contributed by atoms with Gasteiger partial charge in [-0.15, -0.1) is 0 Å². The number of carbonyl (C=O) groups excluding carboxylic acids is 1. The van der Waals surface area contributed by atoms with Gasteiger partial charge in [0.1, 0.15) is 18.0 Å². The summed E-state index contributed by atoms with van der Waals surface area (Å²) >= 11 is 0. The minimum Gasteiger partial charge on any atom is -0.492 e. The molecule has 6 heteroatoms. The first-order chi connectivity index (χ1) is 12.6. The molecular formula is C21H25NO5. The molecule has 0 radical (unpaired) electrons. The molecule has 0 unspecified atom stereocenters. The van der Waals surface area contributed by atoms with E-state index >= 15 is 0 Å². The van der Waals surface area contributed by atoms with Gasteiger partial charge in [0.25, 0.3) is 0 Å². The fraction of sp³-hybridized carbons (Fsp3) is 0.333. The molecule has 0 saturated heterocycles. The molecule has 2 aromatic carbocycles. The summed E-state index contributed by atoms with van der Waals surface area (Å²) in [6.45, 7) is 7.76. The van der Waals surface area contributed by atoms with Crippen molar-refractivity contribution in [3.8, 4) is 16.9 Å². The first-order valence-electron chi connectivity index (χ1n) is 8.69. The number of hydrogen-bond donors (Lipinski definition) is 2. The van der Waals surface area contributed by atoms with E-state index in [1.165, 1.54) is 6.07 Å². The monoisotopic (exact) mass is 371 g/mol. The zero-order valence-corrected chi connectivity index (χ0v) is 16.0. The molecule has 0 aliphatic heterocycles. The fourth-order valence-corrected chi connectivity index (χ4v) is 2.43. The van der Waals surface area contributed by atoms with Crippen molar-refractivity contribution in [1.82, 2.24) is 5.32 Å². The van der Waals surface area contributed by atoms with Crippen molar-refractivity contribution in [1.29, 1.82) is 0 Å². The maximum Gasteiger partial charge on any atom is 0.407 e. The molecule has 2 N–H and O–H groups in total. The highest BCUT2D eigenvalue weighted by atomic mass is 16.6. The van der Waals surface area contributed by atoms with Crippen LogP contribution in [0.3, 0.4) is 0 Å². The van der Waals surface area contributed by atoms with Crippen molar-refractivity contribution < 1.29 is 24.2 Å². The van der Waals surface area contributed by atoms with Gasteiger partial charge < -0.3 is 19.9 Å². The van der Waals surface area contributed by atoms with Crippen molar-refractivity contribution in [2.24, 2.45) is 0 Å². The number of carboxylic acid groups (broad SMARTS) is 1. The zero-order chi connectivity index (χ0) is 20.0. The predicted octanol–water partition coefficient (Wildman–Crippen LogP) is 4.26. The molecule has 0 saturated carbocycles. The third kappa shape index (κ3) is 6.66. The first-order valence-corrected chi connectivity index (χ1v) is 8.69. The SMILES string of the molecule is Cc1cccc(-c2cc(OCCNC(=O)OC(C)(C)C)cc(C(=O)O)c2)c1. The van der Waals surface area contributed by atoms with Crippen LogP contribution < -0.4 is 10.1 Å². The van der Waals surface area contributed by atoms with E-state index in [1.54, 1.807) is 32.9 Å². The van der Waals surface area contributed by atoms with Crippen LogP contribution >= 0.6 is 0 Å². The lowest BCUT2D eigenvalue weighted by Crippen LogP contribution is -2.34. The van der Waals surface area contributed by atoms with Crippen molar-refractivity contribution in [2.45, 2.75) is 33.3 Å². The molecule has 0 aliphatic rings. The average molecular weight is 371 g/mol. The highest BCUT2D eigenvalue weighted by Crippen LogP contribution is 2.27. The van der Waals surface area contributed by atoms with Gasteiger partial charge in [0, 0.05) is 0 Å². The van der Waals surface area contributed by atoms with Gasteiger partial charge in [-0.05, 0) is 57.0 Å². The summed E-state index contributed by atoms with van der Waals surface area (Å²) < 4.78 is 10.8. The summed E-state index contributed by atoms with van der Waals surface area (Å²) in [5.41, 5.74) is 2.33. The van der Waals surface area contributed by atoms with Crippen LogP contribution in [0.4, 0.5) is 4.79 Å². The molecule has 0 heterocycles. The van der Waals surface area contributed by atoms with Crippen LogP contribution in [0.25, 0.3) is 11.1 Å². The Morgan fingerprint density at radius 2 is 1.81 bits per heavy atom. The summed E-state index contributed by atoms with van der Waals surface area (Å²) in [5, 5.41) is 12.0. The second-order valence-electron chi connectivity index (χ2n) is 7.20. The Balaban J connectivity index is 2.06. The Labute approximate surface area is 159 Å². The Kier molecular flexibility index (Phi) is 6.45. The fourth-order valence-electron chi connectivity index (χ4n) is 2.43. The van der Waals surface area contributed by atoms with Gasteiger partial charge in [-0.2, -0.15) is 0 Å². The Hall–Kier alpha value is -3.02. The minimum atomic E-state index is -1.03. The molecule has 2 rings (SSSR count). The summed E-state index contributed by atoms with van der Waals surface area (Å²) in [6, 6.07) is 12.7. The van der Waals surface area contributed by atoms with Crippen LogP contribution in [0.15, 0.2) is 42.5 Å². The van der Waals surface area contributed by atoms with Crippen LogP contribution in [0.1, 0.15) is 36.7 Å². The van der Waals surface area contributed by atoms with E-state index < -0.39 is 17.7 Å². The van der Waals surface area contributed by atoms with Gasteiger partial charge in [0.15, 0.2) is 0 Å². The Morgan fingerprint density at radius 3 is 2.44 bits per heavy atom. The van der Waals surface area contributed by atoms with Gasteiger partial charge in [-0.25, -0.2) is 9.59 Å². The van der Waals surface area contributed by atoms with Crippen molar-refractivity contribution in [3.63, 3.8) is 0 Å². The van der Waals surface area contributed by atoms with Crippen molar-refractivity contribution in [2.75, 3.05) is 13.2 Å². The number of carbonyl (C=O) groups is 2. The maximum atomic E-state index is 11.6. The molecule has 0 spiro atoms. The highest BCUT2D eigenvalue weighted by molar-refractivity contribution is 5.90. The summed E-state index contributed by atoms with van der Waals surface area (Å²) in [5.74, 6) is -0.598. The van der Waals surface area contributed by atoms with Crippen LogP contribution in [0.2, 0.25) is 0 Å². The lowest BCUT2D eigenvalue weighted by Gasteiger charge is -2.19. The number of nitrogens with one attached hydrogen (secondary N) is 1. The predicted molar refractivity (Wildman–Crippen MR) is 103 cm³/mol. The number of carboxylic acids is 1. The molecule has 0 aliphatic carbocycles. The second-order valence-corrected chi connectivity index (χ2v) is 7.20. The van der Waals surface area contributed by atoms with Gasteiger partial charge in [-0.1, -0.05) is 29.8 Å². The average Bonchev–Trinajstić information content (AvgIpc) is 2.57. The number of benzene rings is 2. The molecule has 1 amide bonds. The van der Waals surface area contributed by atoms with Crippen LogP contribution in [-0.2, 0) is 4.74 Å². The van der Waals surface area contributed by atoms with E-state index in [-0.39, 0.29) is 18.7 Å². The van der Waals surface area contributed by atoms with Crippen LogP contribution in [-0.4, -0.2) is 35.9 Å². The first kappa shape index (κ1) is 20.3. The van der Waals surface area contributed by atoms with Gasteiger partial charge >= 0.3 is 12.1 Å². The number of aromatic carboxylic acids is 1. The molecule has 0 fully saturated rings. The number of amides is 1. The number of rotatable bonds is 6. The molecule has 144 valence electrons. The lowest BCUT2D eigenvalue weighted by molar-refractivity contribution is 0.0520. The molecule has 0 atom stereocenters. The highest BCUT2D eigenvalue weighted by Gasteiger charge is 2.15. The molecule has 0 bridgehead atoms. The largest absolute Gasteiger partial charge is 0.492 e. The molecule has 6 nitrogen and oxygen atoms in total. The third-order valence-electron chi connectivity index (χ3n) is 3.54. The smallest absolute Gasteiger partial charge is 0.407 e. The van der Waals surface area contributed by atoms with Gasteiger partial charge in [-0.3, -0.25) is 0 Å². The third-order valence-corrected chi connectivity index (χ3v) is 3.54. The molecule has 27 heavy (non-hydrogen) atoms. The van der Waals surface area contributed by atoms with E-state index in [0.717, 1.165) is 16.7 Å². The van der Waals surface area contributed by atoms with Crippen LogP contribution in [0, 0.1) is 6.92 Å². The van der Waals surface area contributed by atoms with Gasteiger partial charge in [0.05, 0.1) is 12.1 Å². The molecule has 2 aromatic rings. The standard InChI is InChI=1S/C21H25NO5/c1-14-6-5-7-15(10-14)16-11-17(19(23)24)13-18(12-16)26-9-8-22-20(25)27-21(2,3)4/h5-7,10-13H,8-9H2,1-4H3,(H,22,25)(H,23,24). The summed E-state index contributed by atoms with van der Waals surface area (Å²) in [4.78, 5) is 23.0. The van der Waals surface area contributed by atoms with E-state index in [4.69, 9.17) is 9.47 Å². The zero-order valence-electron chi connectivity index (χ0n) is 16.0. The Bertz CT molecular complexity index is 824. The molecular weight excluding hydrogens is 346 g/mol. The van der Waals surface area contributed by atoms with Crippen LogP contribution in [0.5, 0.6) is 5.75 Å². The summed E-state index contributed by atoms with van der Waals surface area (Å²) in [7, 11) is 0. The lowest BCUT2D eigenvalue weighted by atomic mass is 10.0. The minimum absolute atomic E-state index is 0.143. The van der Waals surface area contributed by atoms with E-state index in [1.807, 2.05) is 31.2 Å². The van der Waals surface area contributed by atoms with Crippen molar-refractivity contribution in [3.05, 3.63) is 53.6 Å². The van der Waals surface area contributed by atoms with Gasteiger partial charge in [0.2, 0.25) is 0 Å². The number of alkyl carbamates (subject to hydrolysis) is 1. The Morgan fingerprint density at radius 1 is 1.07 bits per heavy atom. The van der Waals surface area contributed by atoms with E-state index in [0.29, 0.717) is 5.75 Å². The number of ether oxygens (including phenoxy) is 2. The quantitative estimate of drug-likeness (QED) is 0.741. The summed E-state index contributed by atoms with van der Waals surface area (Å²) in [6.07, 6.45) is -0.522. The van der Waals surface area contributed by atoms with Crippen molar-refractivity contribution >= 4 is 12.1 Å².